The third kappa shape index (κ3) is 3.18. The van der Waals surface area contributed by atoms with Gasteiger partial charge in [0.25, 0.3) is 0 Å². The topological polar surface area (TPSA) is 29.3 Å². The predicted molar refractivity (Wildman–Crippen MR) is 65.2 cm³/mol. The summed E-state index contributed by atoms with van der Waals surface area (Å²) in [5.41, 5.74) is 5.91. The van der Waals surface area contributed by atoms with E-state index in [0.717, 1.165) is 25.8 Å². The SMILES string of the molecule is CC1CC(N)CCN1C1CCCC(C(F)(F)F)C1. The summed E-state index contributed by atoms with van der Waals surface area (Å²) in [6.45, 7) is 2.95. The van der Waals surface area contributed by atoms with E-state index in [0.29, 0.717) is 18.9 Å². The molecular weight excluding hydrogens is 241 g/mol. The Morgan fingerprint density at radius 2 is 1.83 bits per heavy atom. The number of hydrogen-bond donors (Lipinski definition) is 1. The number of alkyl halides is 3. The van der Waals surface area contributed by atoms with E-state index in [1.165, 1.54) is 0 Å². The van der Waals surface area contributed by atoms with Crippen molar-refractivity contribution in [3.63, 3.8) is 0 Å². The Bertz CT molecular complexity index is 280. The Morgan fingerprint density at radius 1 is 1.11 bits per heavy atom. The molecule has 18 heavy (non-hydrogen) atoms. The normalized spacial score (nSPS) is 39.8. The molecule has 1 heterocycles. The van der Waals surface area contributed by atoms with Crippen LogP contribution in [-0.4, -0.2) is 35.7 Å². The van der Waals surface area contributed by atoms with Gasteiger partial charge in [-0.2, -0.15) is 13.2 Å². The van der Waals surface area contributed by atoms with Crippen molar-refractivity contribution in [2.24, 2.45) is 11.7 Å². The second-order valence-corrected chi connectivity index (χ2v) is 5.93. The lowest BCUT2D eigenvalue weighted by molar-refractivity contribution is -0.187. The molecule has 4 unspecified atom stereocenters. The summed E-state index contributed by atoms with van der Waals surface area (Å²) in [5, 5.41) is 0. The van der Waals surface area contributed by atoms with E-state index >= 15 is 0 Å². The number of nitrogens with two attached hydrogens (primary N) is 1. The van der Waals surface area contributed by atoms with Gasteiger partial charge in [0.05, 0.1) is 5.92 Å². The third-order valence-electron chi connectivity index (χ3n) is 4.55. The molecule has 0 aromatic carbocycles. The van der Waals surface area contributed by atoms with Crippen LogP contribution in [0.5, 0.6) is 0 Å². The van der Waals surface area contributed by atoms with Crippen molar-refractivity contribution in [3.05, 3.63) is 0 Å². The minimum atomic E-state index is -4.02. The molecule has 106 valence electrons. The molecule has 0 aromatic heterocycles. The Kier molecular flexibility index (Phi) is 4.22. The van der Waals surface area contributed by atoms with E-state index in [-0.39, 0.29) is 18.5 Å². The van der Waals surface area contributed by atoms with Gasteiger partial charge >= 0.3 is 6.18 Å². The second-order valence-electron chi connectivity index (χ2n) is 5.93. The van der Waals surface area contributed by atoms with Crippen molar-refractivity contribution in [1.82, 2.24) is 4.90 Å². The van der Waals surface area contributed by atoms with Crippen LogP contribution < -0.4 is 5.73 Å². The van der Waals surface area contributed by atoms with Crippen molar-refractivity contribution >= 4 is 0 Å². The highest BCUT2D eigenvalue weighted by molar-refractivity contribution is 4.89. The highest BCUT2D eigenvalue weighted by Gasteiger charge is 2.44. The van der Waals surface area contributed by atoms with Crippen LogP contribution in [0.1, 0.15) is 45.4 Å². The van der Waals surface area contributed by atoms with Crippen LogP contribution >= 0.6 is 0 Å². The molecule has 2 rings (SSSR count). The second kappa shape index (κ2) is 5.37. The highest BCUT2D eigenvalue weighted by Crippen LogP contribution is 2.40. The van der Waals surface area contributed by atoms with Crippen LogP contribution in [0.3, 0.4) is 0 Å². The molecular formula is C13H23F3N2. The molecule has 2 aliphatic rings. The third-order valence-corrected chi connectivity index (χ3v) is 4.55. The van der Waals surface area contributed by atoms with Gasteiger partial charge in [0, 0.05) is 24.7 Å². The molecule has 2 nitrogen and oxygen atoms in total. The van der Waals surface area contributed by atoms with Gasteiger partial charge < -0.3 is 5.73 Å². The summed E-state index contributed by atoms with van der Waals surface area (Å²) in [7, 11) is 0. The van der Waals surface area contributed by atoms with Gasteiger partial charge in [0.1, 0.15) is 0 Å². The monoisotopic (exact) mass is 264 g/mol. The minimum absolute atomic E-state index is 0.105. The average Bonchev–Trinajstić information content (AvgIpc) is 2.28. The summed E-state index contributed by atoms with van der Waals surface area (Å²) in [6.07, 6.45) is -0.000105. The van der Waals surface area contributed by atoms with Crippen LogP contribution in [0.4, 0.5) is 13.2 Å². The zero-order chi connectivity index (χ0) is 13.3. The van der Waals surface area contributed by atoms with Gasteiger partial charge in [-0.3, -0.25) is 4.90 Å². The van der Waals surface area contributed by atoms with Crippen LogP contribution in [0.2, 0.25) is 0 Å². The Labute approximate surface area is 107 Å². The first-order valence-corrected chi connectivity index (χ1v) is 6.96. The Morgan fingerprint density at radius 3 is 2.44 bits per heavy atom. The number of likely N-dealkylation sites (tertiary alicyclic amines) is 1. The average molecular weight is 264 g/mol. The van der Waals surface area contributed by atoms with E-state index in [1.807, 2.05) is 0 Å². The molecule has 0 amide bonds. The van der Waals surface area contributed by atoms with Crippen LogP contribution in [0, 0.1) is 5.92 Å². The van der Waals surface area contributed by atoms with Crippen LogP contribution in [0.15, 0.2) is 0 Å². The molecule has 2 N–H and O–H groups in total. The number of rotatable bonds is 1. The molecule has 0 radical (unpaired) electrons. The van der Waals surface area contributed by atoms with E-state index in [9.17, 15) is 13.2 Å². The fraction of sp³-hybridized carbons (Fsp3) is 1.00. The lowest BCUT2D eigenvalue weighted by Crippen LogP contribution is -2.52. The summed E-state index contributed by atoms with van der Waals surface area (Å²) in [6, 6.07) is 0.650. The lowest BCUT2D eigenvalue weighted by Gasteiger charge is -2.44. The van der Waals surface area contributed by atoms with E-state index in [1.54, 1.807) is 0 Å². The molecule has 4 atom stereocenters. The first-order valence-electron chi connectivity index (χ1n) is 6.96. The first kappa shape index (κ1) is 14.1. The van der Waals surface area contributed by atoms with Crippen molar-refractivity contribution < 1.29 is 13.2 Å². The van der Waals surface area contributed by atoms with Crippen molar-refractivity contribution in [1.29, 1.82) is 0 Å². The molecule has 0 aromatic rings. The van der Waals surface area contributed by atoms with Crippen LogP contribution in [0.25, 0.3) is 0 Å². The zero-order valence-corrected chi connectivity index (χ0v) is 10.9. The molecule has 0 spiro atoms. The maximum Gasteiger partial charge on any atom is 0.391 e. The lowest BCUT2D eigenvalue weighted by atomic mass is 9.82. The predicted octanol–water partition coefficient (Wildman–Crippen LogP) is 2.92. The fourth-order valence-corrected chi connectivity index (χ4v) is 3.53. The van der Waals surface area contributed by atoms with Crippen molar-refractivity contribution in [2.45, 2.75) is 69.8 Å². The summed E-state index contributed by atoms with van der Waals surface area (Å²) >= 11 is 0. The van der Waals surface area contributed by atoms with Gasteiger partial charge in [0.15, 0.2) is 0 Å². The quantitative estimate of drug-likeness (QED) is 0.789. The minimum Gasteiger partial charge on any atom is -0.328 e. The number of halogens is 3. The molecule has 1 saturated heterocycles. The largest absolute Gasteiger partial charge is 0.391 e. The first-order chi connectivity index (χ1) is 8.38. The van der Waals surface area contributed by atoms with Crippen molar-refractivity contribution in [3.8, 4) is 0 Å². The fourth-order valence-electron chi connectivity index (χ4n) is 3.53. The molecule has 1 saturated carbocycles. The smallest absolute Gasteiger partial charge is 0.328 e. The molecule has 2 fully saturated rings. The summed E-state index contributed by atoms with van der Waals surface area (Å²) < 4.78 is 38.4. The Hall–Kier alpha value is -0.290. The number of hydrogen-bond acceptors (Lipinski definition) is 2. The molecule has 0 bridgehead atoms. The summed E-state index contributed by atoms with van der Waals surface area (Å²) in [4.78, 5) is 2.27. The van der Waals surface area contributed by atoms with Crippen molar-refractivity contribution in [2.75, 3.05) is 6.54 Å². The van der Waals surface area contributed by atoms with E-state index in [4.69, 9.17) is 5.73 Å². The molecule has 1 aliphatic carbocycles. The number of piperidine rings is 1. The number of nitrogens with zero attached hydrogens (tertiary/aromatic N) is 1. The zero-order valence-electron chi connectivity index (χ0n) is 10.9. The van der Waals surface area contributed by atoms with Crippen LogP contribution in [-0.2, 0) is 0 Å². The maximum atomic E-state index is 12.8. The highest BCUT2D eigenvalue weighted by atomic mass is 19.4. The molecule has 1 aliphatic heterocycles. The van der Waals surface area contributed by atoms with Gasteiger partial charge in [0.2, 0.25) is 0 Å². The standard InChI is InChI=1S/C13H23F3N2/c1-9-7-11(17)5-6-18(9)12-4-2-3-10(8-12)13(14,15)16/h9-12H,2-8,17H2,1H3. The molecule has 5 heteroatoms. The Balaban J connectivity index is 1.96. The maximum absolute atomic E-state index is 12.8. The van der Waals surface area contributed by atoms with E-state index in [2.05, 4.69) is 11.8 Å². The van der Waals surface area contributed by atoms with Gasteiger partial charge in [-0.1, -0.05) is 6.42 Å². The van der Waals surface area contributed by atoms with Gasteiger partial charge in [-0.25, -0.2) is 0 Å². The van der Waals surface area contributed by atoms with Gasteiger partial charge in [-0.05, 0) is 39.0 Å². The van der Waals surface area contributed by atoms with Gasteiger partial charge in [-0.15, -0.1) is 0 Å². The summed E-state index contributed by atoms with van der Waals surface area (Å²) in [5.74, 6) is -1.10. The van der Waals surface area contributed by atoms with E-state index < -0.39 is 12.1 Å².